The Labute approximate surface area is 97.1 Å². The van der Waals surface area contributed by atoms with Gasteiger partial charge in [-0.25, -0.2) is 0 Å². The first kappa shape index (κ1) is 10.0. The summed E-state index contributed by atoms with van der Waals surface area (Å²) in [7, 11) is 0. The van der Waals surface area contributed by atoms with Crippen LogP contribution in [0.15, 0.2) is 30.3 Å². The molecule has 72 valence electrons. The van der Waals surface area contributed by atoms with Gasteiger partial charge in [-0.05, 0) is 36.2 Å². The first-order valence-electron chi connectivity index (χ1n) is 4.18. The molecular weight excluding hydrogens is 235 g/mol. The van der Waals surface area contributed by atoms with Crippen molar-refractivity contribution in [3.05, 3.63) is 44.6 Å². The fourth-order valence-corrected chi connectivity index (χ4v) is 2.79. The first-order chi connectivity index (χ1) is 6.66. The maximum absolute atomic E-state index is 5.94. The second-order valence-corrected chi connectivity index (χ2v) is 5.35. The molecule has 1 aromatic heterocycles. The summed E-state index contributed by atoms with van der Waals surface area (Å²) in [6.07, 6.45) is 0. The summed E-state index contributed by atoms with van der Waals surface area (Å²) in [4.78, 5) is 1.22. The average molecular weight is 243 g/mol. The highest BCUT2D eigenvalue weighted by Crippen LogP contribution is 2.34. The molecule has 0 spiro atoms. The molecule has 0 saturated heterocycles. The first-order valence-corrected chi connectivity index (χ1v) is 5.76. The van der Waals surface area contributed by atoms with Gasteiger partial charge in [-0.1, -0.05) is 35.3 Å². The van der Waals surface area contributed by atoms with Crippen LogP contribution in [0, 0.1) is 6.92 Å². The highest BCUT2D eigenvalue weighted by atomic mass is 35.5. The van der Waals surface area contributed by atoms with Crippen molar-refractivity contribution in [2.24, 2.45) is 0 Å². The third kappa shape index (κ3) is 1.95. The van der Waals surface area contributed by atoms with Crippen molar-refractivity contribution >= 4 is 34.5 Å². The molecule has 0 aliphatic rings. The highest BCUT2D eigenvalue weighted by Gasteiger charge is 2.06. The van der Waals surface area contributed by atoms with E-state index < -0.39 is 0 Å². The van der Waals surface area contributed by atoms with E-state index in [9.17, 15) is 0 Å². The van der Waals surface area contributed by atoms with Crippen molar-refractivity contribution in [2.45, 2.75) is 6.92 Å². The third-order valence-corrected chi connectivity index (χ3v) is 3.44. The van der Waals surface area contributed by atoms with Crippen molar-refractivity contribution in [2.75, 3.05) is 0 Å². The molecule has 0 unspecified atom stereocenters. The van der Waals surface area contributed by atoms with E-state index in [0.717, 1.165) is 14.9 Å². The SMILES string of the molecule is Cc1sc(Cl)cc1-c1cccc(Cl)c1. The summed E-state index contributed by atoms with van der Waals surface area (Å²) in [5.74, 6) is 0. The van der Waals surface area contributed by atoms with Crippen LogP contribution < -0.4 is 0 Å². The van der Waals surface area contributed by atoms with Gasteiger partial charge in [0.05, 0.1) is 4.34 Å². The number of halogens is 2. The minimum absolute atomic E-state index is 0.754. The zero-order chi connectivity index (χ0) is 10.1. The van der Waals surface area contributed by atoms with Crippen LogP contribution in [0.3, 0.4) is 0 Å². The van der Waals surface area contributed by atoms with E-state index >= 15 is 0 Å². The molecule has 1 heterocycles. The van der Waals surface area contributed by atoms with Crippen molar-refractivity contribution in [1.29, 1.82) is 0 Å². The van der Waals surface area contributed by atoms with Gasteiger partial charge in [0.1, 0.15) is 0 Å². The van der Waals surface area contributed by atoms with Crippen LogP contribution in [0.5, 0.6) is 0 Å². The smallest absolute Gasteiger partial charge is 0.0937 e. The van der Waals surface area contributed by atoms with E-state index in [1.165, 1.54) is 10.4 Å². The Bertz CT molecular complexity index is 460. The van der Waals surface area contributed by atoms with Crippen LogP contribution in [-0.2, 0) is 0 Å². The normalized spacial score (nSPS) is 10.5. The fourth-order valence-electron chi connectivity index (χ4n) is 1.39. The monoisotopic (exact) mass is 242 g/mol. The zero-order valence-corrected chi connectivity index (χ0v) is 9.88. The summed E-state index contributed by atoms with van der Waals surface area (Å²) < 4.78 is 0.817. The predicted molar refractivity (Wildman–Crippen MR) is 64.5 cm³/mol. The molecule has 0 radical (unpaired) electrons. The van der Waals surface area contributed by atoms with Gasteiger partial charge in [0, 0.05) is 9.90 Å². The number of hydrogen-bond donors (Lipinski definition) is 0. The van der Waals surface area contributed by atoms with E-state index in [2.05, 4.69) is 6.92 Å². The molecule has 0 amide bonds. The molecule has 2 aromatic rings. The fraction of sp³-hybridized carbons (Fsp3) is 0.0909. The van der Waals surface area contributed by atoms with Crippen LogP contribution >= 0.6 is 34.5 Å². The van der Waals surface area contributed by atoms with E-state index in [-0.39, 0.29) is 0 Å². The molecule has 14 heavy (non-hydrogen) atoms. The van der Waals surface area contributed by atoms with Gasteiger partial charge in [0.25, 0.3) is 0 Å². The van der Waals surface area contributed by atoms with E-state index in [0.29, 0.717) is 0 Å². The van der Waals surface area contributed by atoms with Crippen molar-refractivity contribution in [3.8, 4) is 11.1 Å². The standard InChI is InChI=1S/C11H8Cl2S/c1-7-10(6-11(13)14-7)8-3-2-4-9(12)5-8/h2-6H,1H3. The lowest BCUT2D eigenvalue weighted by Crippen LogP contribution is -1.75. The van der Waals surface area contributed by atoms with Gasteiger partial charge < -0.3 is 0 Å². The molecule has 0 N–H and O–H groups in total. The van der Waals surface area contributed by atoms with E-state index in [4.69, 9.17) is 23.2 Å². The third-order valence-electron chi connectivity index (χ3n) is 2.02. The maximum Gasteiger partial charge on any atom is 0.0937 e. The predicted octanol–water partition coefficient (Wildman–Crippen LogP) is 5.03. The Hall–Kier alpha value is -0.500. The average Bonchev–Trinajstić information content (AvgIpc) is 2.45. The Morgan fingerprint density at radius 3 is 2.50 bits per heavy atom. The molecule has 0 atom stereocenters. The summed E-state index contributed by atoms with van der Waals surface area (Å²) in [5.41, 5.74) is 2.29. The number of hydrogen-bond acceptors (Lipinski definition) is 1. The topological polar surface area (TPSA) is 0 Å². The molecule has 0 nitrogen and oxygen atoms in total. The van der Waals surface area contributed by atoms with Gasteiger partial charge in [0.2, 0.25) is 0 Å². The summed E-state index contributed by atoms with van der Waals surface area (Å²) in [6.45, 7) is 2.06. The van der Waals surface area contributed by atoms with Crippen LogP contribution in [0.1, 0.15) is 4.88 Å². The Morgan fingerprint density at radius 2 is 1.93 bits per heavy atom. The zero-order valence-electron chi connectivity index (χ0n) is 7.55. The second kappa shape index (κ2) is 3.93. The van der Waals surface area contributed by atoms with Gasteiger partial charge in [-0.3, -0.25) is 0 Å². The molecular formula is C11H8Cl2S. The molecule has 2 rings (SSSR count). The van der Waals surface area contributed by atoms with E-state index in [1.807, 2.05) is 30.3 Å². The molecule has 0 aliphatic heterocycles. The van der Waals surface area contributed by atoms with Gasteiger partial charge in [-0.15, -0.1) is 11.3 Å². The molecule has 1 aromatic carbocycles. The number of rotatable bonds is 1. The van der Waals surface area contributed by atoms with Crippen LogP contribution in [0.25, 0.3) is 11.1 Å². The maximum atomic E-state index is 5.94. The molecule has 3 heteroatoms. The van der Waals surface area contributed by atoms with Crippen LogP contribution in [-0.4, -0.2) is 0 Å². The number of benzene rings is 1. The minimum Gasteiger partial charge on any atom is -0.128 e. The Balaban J connectivity index is 2.54. The quantitative estimate of drug-likeness (QED) is 0.658. The second-order valence-electron chi connectivity index (χ2n) is 3.03. The molecule has 0 saturated carbocycles. The lowest BCUT2D eigenvalue weighted by Gasteiger charge is -1.99. The highest BCUT2D eigenvalue weighted by molar-refractivity contribution is 7.16. The van der Waals surface area contributed by atoms with Gasteiger partial charge >= 0.3 is 0 Å². The number of thiophene rings is 1. The minimum atomic E-state index is 0.754. The van der Waals surface area contributed by atoms with E-state index in [1.54, 1.807) is 11.3 Å². The molecule has 0 aliphatic carbocycles. The summed E-state index contributed by atoms with van der Waals surface area (Å²) in [6, 6.07) is 9.79. The van der Waals surface area contributed by atoms with Gasteiger partial charge in [0.15, 0.2) is 0 Å². The summed E-state index contributed by atoms with van der Waals surface area (Å²) >= 11 is 13.5. The molecule has 0 bridgehead atoms. The Kier molecular flexibility index (Phi) is 2.82. The van der Waals surface area contributed by atoms with Crippen molar-refractivity contribution in [3.63, 3.8) is 0 Å². The number of aryl methyl sites for hydroxylation is 1. The van der Waals surface area contributed by atoms with Crippen LogP contribution in [0.4, 0.5) is 0 Å². The summed E-state index contributed by atoms with van der Waals surface area (Å²) in [5, 5.41) is 0.754. The lowest BCUT2D eigenvalue weighted by molar-refractivity contribution is 1.58. The lowest BCUT2D eigenvalue weighted by atomic mass is 10.1. The van der Waals surface area contributed by atoms with Crippen LogP contribution in [0.2, 0.25) is 9.36 Å². The van der Waals surface area contributed by atoms with Gasteiger partial charge in [-0.2, -0.15) is 0 Å². The van der Waals surface area contributed by atoms with Crippen molar-refractivity contribution in [1.82, 2.24) is 0 Å². The largest absolute Gasteiger partial charge is 0.128 e. The van der Waals surface area contributed by atoms with Crippen molar-refractivity contribution < 1.29 is 0 Å². The Morgan fingerprint density at radius 1 is 1.14 bits per heavy atom. The molecule has 0 fully saturated rings.